The van der Waals surface area contributed by atoms with E-state index in [1.165, 1.54) is 11.7 Å². The number of aryl methyl sites for hydroxylation is 1. The molecule has 0 amide bonds. The van der Waals surface area contributed by atoms with Gasteiger partial charge in [-0.3, -0.25) is 9.78 Å². The molecule has 0 radical (unpaired) electrons. The third-order valence-corrected chi connectivity index (χ3v) is 4.45. The van der Waals surface area contributed by atoms with Crippen LogP contribution in [0.5, 0.6) is 0 Å². The molecule has 2 N–H and O–H groups in total. The SMILES string of the molecule is CCn1c2ccccc2c2cc(C(=O)c3cnccc3N)ccc21. The Kier molecular flexibility index (Phi) is 3.31. The van der Waals surface area contributed by atoms with Crippen LogP contribution in [0.15, 0.2) is 60.9 Å². The first-order valence-corrected chi connectivity index (χ1v) is 7.96. The summed E-state index contributed by atoms with van der Waals surface area (Å²) in [5.74, 6) is -0.101. The summed E-state index contributed by atoms with van der Waals surface area (Å²) in [7, 11) is 0. The van der Waals surface area contributed by atoms with E-state index in [0.717, 1.165) is 22.8 Å². The average Bonchev–Trinajstić information content (AvgIpc) is 2.94. The Labute approximate surface area is 139 Å². The van der Waals surface area contributed by atoms with Gasteiger partial charge in [-0.05, 0) is 37.3 Å². The van der Waals surface area contributed by atoms with Crippen LogP contribution in [0.2, 0.25) is 0 Å². The van der Waals surface area contributed by atoms with Gasteiger partial charge < -0.3 is 10.3 Å². The van der Waals surface area contributed by atoms with Crippen molar-refractivity contribution in [1.82, 2.24) is 9.55 Å². The highest BCUT2D eigenvalue weighted by Crippen LogP contribution is 2.30. The third-order valence-electron chi connectivity index (χ3n) is 4.45. The molecule has 4 heteroatoms. The first kappa shape index (κ1) is 14.5. The van der Waals surface area contributed by atoms with E-state index in [4.69, 9.17) is 5.73 Å². The summed E-state index contributed by atoms with van der Waals surface area (Å²) in [6.45, 7) is 3.01. The van der Waals surface area contributed by atoms with Crippen LogP contribution in [0.25, 0.3) is 21.8 Å². The molecule has 0 spiro atoms. The minimum absolute atomic E-state index is 0.101. The molecule has 2 aromatic carbocycles. The van der Waals surface area contributed by atoms with Gasteiger partial charge in [0.25, 0.3) is 0 Å². The van der Waals surface area contributed by atoms with E-state index >= 15 is 0 Å². The van der Waals surface area contributed by atoms with Gasteiger partial charge in [-0.25, -0.2) is 0 Å². The van der Waals surface area contributed by atoms with E-state index in [1.54, 1.807) is 12.3 Å². The van der Waals surface area contributed by atoms with E-state index in [9.17, 15) is 4.79 Å². The van der Waals surface area contributed by atoms with Gasteiger partial charge in [-0.2, -0.15) is 0 Å². The molecule has 4 rings (SSSR count). The van der Waals surface area contributed by atoms with E-state index in [0.29, 0.717) is 16.8 Å². The van der Waals surface area contributed by atoms with Crippen molar-refractivity contribution in [3.05, 3.63) is 72.1 Å². The van der Waals surface area contributed by atoms with Crippen LogP contribution >= 0.6 is 0 Å². The van der Waals surface area contributed by atoms with Crippen molar-refractivity contribution in [3.8, 4) is 0 Å². The van der Waals surface area contributed by atoms with E-state index in [1.807, 2.05) is 30.3 Å². The van der Waals surface area contributed by atoms with Gasteiger partial charge in [0.2, 0.25) is 0 Å². The van der Waals surface area contributed by atoms with Crippen molar-refractivity contribution < 1.29 is 4.79 Å². The first-order chi connectivity index (χ1) is 11.7. The van der Waals surface area contributed by atoms with Crippen molar-refractivity contribution in [1.29, 1.82) is 0 Å². The smallest absolute Gasteiger partial charge is 0.196 e. The molecule has 0 unspecified atom stereocenters. The summed E-state index contributed by atoms with van der Waals surface area (Å²) in [6.07, 6.45) is 3.11. The summed E-state index contributed by atoms with van der Waals surface area (Å²) < 4.78 is 2.26. The van der Waals surface area contributed by atoms with Crippen LogP contribution in [0.4, 0.5) is 5.69 Å². The number of carbonyl (C=O) groups is 1. The molecular formula is C20H17N3O. The van der Waals surface area contributed by atoms with Gasteiger partial charge in [0.05, 0.1) is 5.56 Å². The lowest BCUT2D eigenvalue weighted by atomic mass is 10.0. The molecule has 0 saturated heterocycles. The number of pyridine rings is 1. The van der Waals surface area contributed by atoms with Crippen molar-refractivity contribution in [2.45, 2.75) is 13.5 Å². The van der Waals surface area contributed by atoms with Crippen LogP contribution in [-0.2, 0) is 6.54 Å². The maximum atomic E-state index is 12.8. The molecule has 0 aliphatic heterocycles. The molecule has 4 aromatic rings. The topological polar surface area (TPSA) is 60.9 Å². The lowest BCUT2D eigenvalue weighted by molar-refractivity contribution is 0.103. The Morgan fingerprint density at radius 2 is 1.88 bits per heavy atom. The van der Waals surface area contributed by atoms with Crippen LogP contribution < -0.4 is 5.73 Å². The van der Waals surface area contributed by atoms with Crippen molar-refractivity contribution >= 4 is 33.3 Å². The summed E-state index contributed by atoms with van der Waals surface area (Å²) in [5, 5.41) is 2.24. The molecule has 24 heavy (non-hydrogen) atoms. The second kappa shape index (κ2) is 5.49. The van der Waals surface area contributed by atoms with Crippen molar-refractivity contribution in [2.24, 2.45) is 0 Å². The number of ketones is 1. The number of fused-ring (bicyclic) bond motifs is 3. The molecule has 2 aromatic heterocycles. The Bertz CT molecular complexity index is 1080. The fourth-order valence-electron chi connectivity index (χ4n) is 3.29. The third kappa shape index (κ3) is 2.07. The standard InChI is InChI=1S/C20H17N3O/c1-2-23-18-6-4-3-5-14(18)15-11-13(7-8-19(15)23)20(24)16-12-22-10-9-17(16)21/h3-12H,2H2,1H3,(H2,21,22). The number of para-hydroxylation sites is 1. The summed E-state index contributed by atoms with van der Waals surface area (Å²) in [4.78, 5) is 16.8. The molecule has 0 aliphatic carbocycles. The predicted octanol–water partition coefficient (Wildman–Crippen LogP) is 4.02. The number of nitrogens with two attached hydrogens (primary N) is 1. The lowest BCUT2D eigenvalue weighted by Crippen LogP contribution is -2.05. The molecule has 118 valence electrons. The van der Waals surface area contributed by atoms with Gasteiger partial charge in [0.15, 0.2) is 5.78 Å². The Hall–Kier alpha value is -3.14. The van der Waals surface area contributed by atoms with Gasteiger partial charge >= 0.3 is 0 Å². The highest BCUT2D eigenvalue weighted by molar-refractivity contribution is 6.16. The number of hydrogen-bond donors (Lipinski definition) is 1. The van der Waals surface area contributed by atoms with Gasteiger partial charge in [-0.1, -0.05) is 18.2 Å². The second-order valence-corrected chi connectivity index (χ2v) is 5.79. The summed E-state index contributed by atoms with van der Waals surface area (Å²) in [5.41, 5.74) is 9.75. The van der Waals surface area contributed by atoms with Crippen molar-refractivity contribution in [2.75, 3.05) is 5.73 Å². The molecule has 0 bridgehead atoms. The van der Waals surface area contributed by atoms with Crippen LogP contribution in [0.3, 0.4) is 0 Å². The van der Waals surface area contributed by atoms with Gasteiger partial charge in [0, 0.05) is 52.0 Å². The molecule has 0 atom stereocenters. The predicted molar refractivity (Wildman–Crippen MR) is 97.2 cm³/mol. The fraction of sp³-hybridized carbons (Fsp3) is 0.100. The molecule has 0 aliphatic rings. The van der Waals surface area contributed by atoms with E-state index in [2.05, 4.69) is 28.6 Å². The molecule has 0 fully saturated rings. The Morgan fingerprint density at radius 3 is 2.67 bits per heavy atom. The van der Waals surface area contributed by atoms with Gasteiger partial charge in [-0.15, -0.1) is 0 Å². The van der Waals surface area contributed by atoms with Gasteiger partial charge in [0.1, 0.15) is 0 Å². The number of nitrogens with zero attached hydrogens (tertiary/aromatic N) is 2. The minimum atomic E-state index is -0.101. The second-order valence-electron chi connectivity index (χ2n) is 5.79. The summed E-state index contributed by atoms with van der Waals surface area (Å²) >= 11 is 0. The quantitative estimate of drug-likeness (QED) is 0.581. The summed E-state index contributed by atoms with van der Waals surface area (Å²) in [6, 6.07) is 15.7. The molecule has 2 heterocycles. The number of aromatic nitrogens is 2. The number of anilines is 1. The monoisotopic (exact) mass is 315 g/mol. The zero-order chi connectivity index (χ0) is 16.7. The van der Waals surface area contributed by atoms with E-state index in [-0.39, 0.29) is 5.78 Å². The number of nitrogen functional groups attached to an aromatic ring is 1. The maximum absolute atomic E-state index is 12.8. The molecular weight excluding hydrogens is 298 g/mol. The molecule has 4 nitrogen and oxygen atoms in total. The zero-order valence-electron chi connectivity index (χ0n) is 13.4. The van der Waals surface area contributed by atoms with Crippen LogP contribution in [0, 0.1) is 0 Å². The fourth-order valence-corrected chi connectivity index (χ4v) is 3.29. The average molecular weight is 315 g/mol. The van der Waals surface area contributed by atoms with E-state index < -0.39 is 0 Å². The zero-order valence-corrected chi connectivity index (χ0v) is 13.4. The Morgan fingerprint density at radius 1 is 1.08 bits per heavy atom. The highest BCUT2D eigenvalue weighted by atomic mass is 16.1. The number of benzene rings is 2. The number of carbonyl (C=O) groups excluding carboxylic acids is 1. The Balaban J connectivity index is 1.95. The lowest BCUT2D eigenvalue weighted by Gasteiger charge is -2.06. The largest absolute Gasteiger partial charge is 0.398 e. The molecule has 0 saturated carbocycles. The highest BCUT2D eigenvalue weighted by Gasteiger charge is 2.15. The van der Waals surface area contributed by atoms with Crippen LogP contribution in [-0.4, -0.2) is 15.3 Å². The maximum Gasteiger partial charge on any atom is 0.196 e. The van der Waals surface area contributed by atoms with Crippen LogP contribution in [0.1, 0.15) is 22.8 Å². The number of rotatable bonds is 3. The van der Waals surface area contributed by atoms with Crippen molar-refractivity contribution in [3.63, 3.8) is 0 Å². The minimum Gasteiger partial charge on any atom is -0.398 e. The first-order valence-electron chi connectivity index (χ1n) is 7.96. The normalized spacial score (nSPS) is 11.2. The number of hydrogen-bond acceptors (Lipinski definition) is 3.